The summed E-state index contributed by atoms with van der Waals surface area (Å²) in [7, 11) is -3.81. The first-order valence-corrected chi connectivity index (χ1v) is 12.0. The van der Waals surface area contributed by atoms with E-state index in [9.17, 15) is 18.0 Å². The van der Waals surface area contributed by atoms with E-state index in [0.717, 1.165) is 18.4 Å². The van der Waals surface area contributed by atoms with Crippen molar-refractivity contribution in [1.82, 2.24) is 4.90 Å². The van der Waals surface area contributed by atoms with E-state index in [1.54, 1.807) is 17.0 Å². The second-order valence-electron chi connectivity index (χ2n) is 8.12. The summed E-state index contributed by atoms with van der Waals surface area (Å²) >= 11 is 0. The van der Waals surface area contributed by atoms with Gasteiger partial charge in [0, 0.05) is 19.6 Å². The molecule has 2 aromatic rings. The van der Waals surface area contributed by atoms with E-state index in [-0.39, 0.29) is 23.0 Å². The van der Waals surface area contributed by atoms with E-state index in [0.29, 0.717) is 37.7 Å². The summed E-state index contributed by atoms with van der Waals surface area (Å²) in [5, 5.41) is 0. The van der Waals surface area contributed by atoms with Crippen molar-refractivity contribution in [2.45, 2.75) is 31.1 Å². The highest BCUT2D eigenvalue weighted by Gasteiger charge is 2.31. The van der Waals surface area contributed by atoms with E-state index in [1.165, 1.54) is 28.6 Å². The number of sulfonamides is 1. The molecule has 1 saturated heterocycles. The highest BCUT2D eigenvalue weighted by Crippen LogP contribution is 2.32. The van der Waals surface area contributed by atoms with Crippen LogP contribution in [0.5, 0.6) is 0 Å². The Hall–Kier alpha value is -2.87. The maximum Gasteiger partial charge on any atom is 0.338 e. The van der Waals surface area contributed by atoms with Gasteiger partial charge in [0.2, 0.25) is 0 Å². The van der Waals surface area contributed by atoms with Crippen molar-refractivity contribution in [3.63, 3.8) is 0 Å². The Labute approximate surface area is 182 Å². The van der Waals surface area contributed by atoms with Crippen LogP contribution in [0.2, 0.25) is 0 Å². The fourth-order valence-electron chi connectivity index (χ4n) is 4.03. The first-order chi connectivity index (χ1) is 14.9. The zero-order valence-corrected chi connectivity index (χ0v) is 18.3. The lowest BCUT2D eigenvalue weighted by atomic mass is 9.99. The van der Waals surface area contributed by atoms with Crippen LogP contribution in [0.3, 0.4) is 0 Å². The number of rotatable bonds is 5. The summed E-state index contributed by atoms with van der Waals surface area (Å²) in [4.78, 5) is 26.5. The lowest BCUT2D eigenvalue weighted by Gasteiger charge is -2.30. The van der Waals surface area contributed by atoms with Crippen molar-refractivity contribution >= 4 is 27.6 Å². The van der Waals surface area contributed by atoms with Gasteiger partial charge in [-0.05, 0) is 55.0 Å². The molecule has 0 bridgehead atoms. The van der Waals surface area contributed by atoms with Crippen LogP contribution in [0.15, 0.2) is 53.4 Å². The van der Waals surface area contributed by atoms with E-state index in [4.69, 9.17) is 4.74 Å². The molecule has 0 atom stereocenters. The van der Waals surface area contributed by atoms with Gasteiger partial charge in [0.15, 0.2) is 6.61 Å². The maximum absolute atomic E-state index is 13.2. The molecule has 164 valence electrons. The molecule has 8 heteroatoms. The van der Waals surface area contributed by atoms with E-state index < -0.39 is 16.0 Å². The number of piperidine rings is 1. The van der Waals surface area contributed by atoms with Crippen LogP contribution in [-0.4, -0.2) is 51.4 Å². The van der Waals surface area contributed by atoms with Gasteiger partial charge < -0.3 is 9.64 Å². The lowest BCUT2D eigenvalue weighted by molar-refractivity contribution is -0.135. The van der Waals surface area contributed by atoms with E-state index in [1.807, 2.05) is 12.1 Å². The number of hydrogen-bond acceptors (Lipinski definition) is 5. The molecule has 0 aromatic heterocycles. The Morgan fingerprint density at radius 3 is 2.55 bits per heavy atom. The van der Waals surface area contributed by atoms with Crippen molar-refractivity contribution in [2.24, 2.45) is 5.92 Å². The fourth-order valence-corrected chi connectivity index (χ4v) is 5.58. The third-order valence-electron chi connectivity index (χ3n) is 5.97. The average Bonchev–Trinajstić information content (AvgIpc) is 3.23. The van der Waals surface area contributed by atoms with Crippen LogP contribution in [0.25, 0.3) is 0 Å². The van der Waals surface area contributed by atoms with Gasteiger partial charge in [0.25, 0.3) is 15.9 Å². The number of amides is 1. The first-order valence-electron chi connectivity index (χ1n) is 10.5. The molecule has 2 aliphatic rings. The molecule has 31 heavy (non-hydrogen) atoms. The Bertz CT molecular complexity index is 1090. The molecule has 1 fully saturated rings. The smallest absolute Gasteiger partial charge is 0.338 e. The number of nitrogens with zero attached hydrogens (tertiary/aromatic N) is 2. The topological polar surface area (TPSA) is 84.0 Å². The largest absolute Gasteiger partial charge is 0.452 e. The highest BCUT2D eigenvalue weighted by molar-refractivity contribution is 7.92. The molecule has 0 N–H and O–H groups in total. The summed E-state index contributed by atoms with van der Waals surface area (Å²) in [5.74, 6) is -0.339. The Balaban J connectivity index is 1.44. The van der Waals surface area contributed by atoms with Gasteiger partial charge in [0.05, 0.1) is 16.1 Å². The van der Waals surface area contributed by atoms with E-state index >= 15 is 0 Å². The average molecular weight is 443 g/mol. The maximum atomic E-state index is 13.2. The minimum absolute atomic E-state index is 0.0231. The second-order valence-corrected chi connectivity index (χ2v) is 9.99. The van der Waals surface area contributed by atoms with Gasteiger partial charge in [-0.3, -0.25) is 9.10 Å². The Kier molecular flexibility index (Phi) is 6.00. The SMILES string of the molecule is CC1CCN(C(=O)COC(=O)c2cccc(S(=O)(=O)N3CCc4ccccc43)c2)CC1. The summed E-state index contributed by atoms with van der Waals surface area (Å²) in [6.45, 7) is 3.51. The molecule has 7 nitrogen and oxygen atoms in total. The van der Waals surface area contributed by atoms with Gasteiger partial charge >= 0.3 is 5.97 Å². The van der Waals surface area contributed by atoms with Gasteiger partial charge in [0.1, 0.15) is 0 Å². The lowest BCUT2D eigenvalue weighted by Crippen LogP contribution is -2.40. The van der Waals surface area contributed by atoms with Gasteiger partial charge in [-0.15, -0.1) is 0 Å². The van der Waals surface area contributed by atoms with Crippen LogP contribution in [0.4, 0.5) is 5.69 Å². The minimum Gasteiger partial charge on any atom is -0.452 e. The molecule has 2 heterocycles. The van der Waals surface area contributed by atoms with Crippen molar-refractivity contribution in [3.8, 4) is 0 Å². The molecule has 2 aromatic carbocycles. The number of carbonyl (C=O) groups excluding carboxylic acids is 2. The summed E-state index contributed by atoms with van der Waals surface area (Å²) < 4.78 is 32.9. The molecular formula is C23H26N2O5S. The molecule has 1 amide bonds. The summed E-state index contributed by atoms with van der Waals surface area (Å²) in [6.07, 6.45) is 2.53. The van der Waals surface area contributed by atoms with Gasteiger partial charge in [-0.25, -0.2) is 13.2 Å². The van der Waals surface area contributed by atoms with Gasteiger partial charge in [-0.1, -0.05) is 31.2 Å². The number of ether oxygens (including phenoxy) is 1. The van der Waals surface area contributed by atoms with Crippen molar-refractivity contribution in [2.75, 3.05) is 30.5 Å². The number of fused-ring (bicyclic) bond motifs is 1. The molecule has 2 aliphatic heterocycles. The van der Waals surface area contributed by atoms with Crippen LogP contribution in [-0.2, 0) is 26.0 Å². The number of para-hydroxylation sites is 1. The normalized spacial score (nSPS) is 16.8. The number of anilines is 1. The number of esters is 1. The minimum atomic E-state index is -3.81. The van der Waals surface area contributed by atoms with Crippen molar-refractivity contribution in [1.29, 1.82) is 0 Å². The van der Waals surface area contributed by atoms with E-state index in [2.05, 4.69) is 6.92 Å². The third kappa shape index (κ3) is 4.44. The molecule has 0 spiro atoms. The second kappa shape index (κ2) is 8.70. The van der Waals surface area contributed by atoms with Crippen LogP contribution >= 0.6 is 0 Å². The molecule has 0 unspecified atom stereocenters. The van der Waals surface area contributed by atoms with Crippen molar-refractivity contribution in [3.05, 3.63) is 59.7 Å². The number of likely N-dealkylation sites (tertiary alicyclic amines) is 1. The fraction of sp³-hybridized carbons (Fsp3) is 0.391. The van der Waals surface area contributed by atoms with Gasteiger partial charge in [-0.2, -0.15) is 0 Å². The Morgan fingerprint density at radius 2 is 1.77 bits per heavy atom. The molecule has 0 saturated carbocycles. The summed E-state index contributed by atoms with van der Waals surface area (Å²) in [5.41, 5.74) is 1.75. The quantitative estimate of drug-likeness (QED) is 0.665. The zero-order valence-electron chi connectivity index (χ0n) is 17.5. The first kappa shape index (κ1) is 21.4. The standard InChI is InChI=1S/C23H26N2O5S/c1-17-9-12-24(13-10-17)22(26)16-30-23(27)19-6-4-7-20(15-19)31(28,29)25-14-11-18-5-2-3-8-21(18)25/h2-8,15,17H,9-14,16H2,1H3. The molecule has 4 rings (SSSR count). The summed E-state index contributed by atoms with van der Waals surface area (Å²) in [6, 6.07) is 13.2. The highest BCUT2D eigenvalue weighted by atomic mass is 32.2. The number of carbonyl (C=O) groups is 2. The van der Waals surface area contributed by atoms with Crippen LogP contribution < -0.4 is 4.31 Å². The zero-order chi connectivity index (χ0) is 22.0. The van der Waals surface area contributed by atoms with Crippen LogP contribution in [0.1, 0.15) is 35.7 Å². The monoisotopic (exact) mass is 442 g/mol. The molecule has 0 radical (unpaired) electrons. The van der Waals surface area contributed by atoms with Crippen molar-refractivity contribution < 1.29 is 22.7 Å². The van der Waals surface area contributed by atoms with Crippen LogP contribution in [0, 0.1) is 5.92 Å². The third-order valence-corrected chi connectivity index (χ3v) is 7.77. The predicted octanol–water partition coefficient (Wildman–Crippen LogP) is 2.85. The Morgan fingerprint density at radius 1 is 1.03 bits per heavy atom. The predicted molar refractivity (Wildman–Crippen MR) is 116 cm³/mol. The number of hydrogen-bond donors (Lipinski definition) is 0. The molecular weight excluding hydrogens is 416 g/mol. The molecule has 0 aliphatic carbocycles. The number of benzene rings is 2.